The lowest BCUT2D eigenvalue weighted by Gasteiger charge is -2.15. The number of hydrogen-bond acceptors (Lipinski definition) is 5. The van der Waals surface area contributed by atoms with Gasteiger partial charge in [0.2, 0.25) is 0 Å². The van der Waals surface area contributed by atoms with Crippen molar-refractivity contribution in [3.05, 3.63) is 59.4 Å². The van der Waals surface area contributed by atoms with Gasteiger partial charge in [0.05, 0.1) is 12.7 Å². The van der Waals surface area contributed by atoms with E-state index in [9.17, 15) is 14.7 Å². The van der Waals surface area contributed by atoms with E-state index < -0.39 is 12.1 Å². The average molecular weight is 367 g/mol. The highest BCUT2D eigenvalue weighted by molar-refractivity contribution is 5.96. The van der Waals surface area contributed by atoms with E-state index in [2.05, 4.69) is 5.32 Å². The van der Waals surface area contributed by atoms with Crippen LogP contribution in [-0.2, 0) is 20.7 Å². The maximum Gasteiger partial charge on any atom is 0.311 e. The van der Waals surface area contributed by atoms with Crippen LogP contribution in [0.1, 0.15) is 23.6 Å². The number of amides is 1. The first-order valence-electron chi connectivity index (χ1n) is 8.60. The van der Waals surface area contributed by atoms with Crippen LogP contribution in [0.15, 0.2) is 47.1 Å². The molecule has 0 spiro atoms. The lowest BCUT2D eigenvalue weighted by molar-refractivity contribution is -0.152. The van der Waals surface area contributed by atoms with Gasteiger partial charge in [0.15, 0.2) is 6.10 Å². The van der Waals surface area contributed by atoms with Crippen molar-refractivity contribution in [2.75, 3.05) is 5.32 Å². The van der Waals surface area contributed by atoms with Crippen molar-refractivity contribution >= 4 is 28.5 Å². The lowest BCUT2D eigenvalue weighted by atomic mass is 10.1. The van der Waals surface area contributed by atoms with E-state index in [1.54, 1.807) is 6.07 Å². The van der Waals surface area contributed by atoms with Gasteiger partial charge in [0.25, 0.3) is 5.91 Å². The molecule has 0 fully saturated rings. The van der Waals surface area contributed by atoms with Gasteiger partial charge in [-0.2, -0.15) is 0 Å². The summed E-state index contributed by atoms with van der Waals surface area (Å²) in [4.78, 5) is 24.5. The van der Waals surface area contributed by atoms with E-state index in [0.717, 1.165) is 16.5 Å². The number of aryl methyl sites for hydroxylation is 2. The zero-order chi connectivity index (χ0) is 19.6. The molecular weight excluding hydrogens is 346 g/mol. The molecule has 27 heavy (non-hydrogen) atoms. The molecule has 1 aromatic heterocycles. The van der Waals surface area contributed by atoms with Crippen LogP contribution in [0.2, 0.25) is 0 Å². The molecule has 1 amide bonds. The van der Waals surface area contributed by atoms with Gasteiger partial charge in [-0.3, -0.25) is 9.59 Å². The summed E-state index contributed by atoms with van der Waals surface area (Å²) in [6.07, 6.45) is 0.491. The SMILES string of the molecule is Cc1ccc(C)c(NC(=O)[C@H](C)OC(=O)Cc2coc3cc(O)ccc23)c1. The molecule has 3 aromatic rings. The van der Waals surface area contributed by atoms with Gasteiger partial charge in [-0.25, -0.2) is 0 Å². The molecule has 0 aliphatic carbocycles. The molecule has 6 nitrogen and oxygen atoms in total. The van der Waals surface area contributed by atoms with Crippen LogP contribution in [0.5, 0.6) is 5.75 Å². The van der Waals surface area contributed by atoms with Gasteiger partial charge in [-0.1, -0.05) is 12.1 Å². The molecule has 0 radical (unpaired) electrons. The van der Waals surface area contributed by atoms with Gasteiger partial charge in [-0.05, 0) is 50.1 Å². The number of rotatable bonds is 5. The molecule has 2 aromatic carbocycles. The average Bonchev–Trinajstić information content (AvgIpc) is 2.99. The third-order valence-corrected chi connectivity index (χ3v) is 4.30. The zero-order valence-corrected chi connectivity index (χ0v) is 15.4. The van der Waals surface area contributed by atoms with Gasteiger partial charge >= 0.3 is 5.97 Å². The van der Waals surface area contributed by atoms with Crippen LogP contribution in [0.25, 0.3) is 11.0 Å². The third-order valence-electron chi connectivity index (χ3n) is 4.30. The number of anilines is 1. The van der Waals surface area contributed by atoms with E-state index in [0.29, 0.717) is 16.8 Å². The number of esters is 1. The summed E-state index contributed by atoms with van der Waals surface area (Å²) >= 11 is 0. The highest BCUT2D eigenvalue weighted by Gasteiger charge is 2.20. The highest BCUT2D eigenvalue weighted by Crippen LogP contribution is 2.25. The number of phenolic OH excluding ortho intramolecular Hbond substituents is 1. The Morgan fingerprint density at radius 1 is 1.19 bits per heavy atom. The zero-order valence-electron chi connectivity index (χ0n) is 15.4. The molecule has 1 heterocycles. The number of nitrogens with one attached hydrogen (secondary N) is 1. The topological polar surface area (TPSA) is 88.8 Å². The minimum atomic E-state index is -0.931. The number of fused-ring (bicyclic) bond motifs is 1. The molecule has 6 heteroatoms. The van der Waals surface area contributed by atoms with E-state index in [1.807, 2.05) is 32.0 Å². The fourth-order valence-electron chi connectivity index (χ4n) is 2.76. The molecule has 0 aliphatic rings. The Balaban J connectivity index is 1.62. The maximum atomic E-state index is 12.3. The minimum Gasteiger partial charge on any atom is -0.508 e. The molecule has 1 atom stereocenters. The number of carbonyl (C=O) groups is 2. The molecule has 0 saturated heterocycles. The number of benzene rings is 2. The predicted octanol–water partition coefficient (Wildman–Crippen LogP) is 3.87. The number of aromatic hydroxyl groups is 1. The van der Waals surface area contributed by atoms with Gasteiger partial charge in [0.1, 0.15) is 11.3 Å². The van der Waals surface area contributed by atoms with Gasteiger partial charge < -0.3 is 19.6 Å². The number of ether oxygens (including phenoxy) is 1. The Bertz CT molecular complexity index is 1000. The summed E-state index contributed by atoms with van der Waals surface area (Å²) in [6, 6.07) is 10.4. The third kappa shape index (κ3) is 4.28. The summed E-state index contributed by atoms with van der Waals surface area (Å²) in [5.41, 5.74) is 3.78. The molecule has 0 saturated carbocycles. The Kier molecular flexibility index (Phi) is 5.16. The summed E-state index contributed by atoms with van der Waals surface area (Å²) < 4.78 is 10.6. The molecule has 0 unspecified atom stereocenters. The lowest BCUT2D eigenvalue weighted by Crippen LogP contribution is -2.30. The summed E-state index contributed by atoms with van der Waals surface area (Å²) in [6.45, 7) is 5.37. The van der Waals surface area contributed by atoms with Gasteiger partial charge in [-0.15, -0.1) is 0 Å². The standard InChI is InChI=1S/C21H21NO5/c1-12-4-5-13(2)18(8-12)22-21(25)14(3)27-20(24)9-15-11-26-19-10-16(23)6-7-17(15)19/h4-8,10-11,14,23H,9H2,1-3H3,(H,22,25)/t14-/m0/s1. The second-order valence-corrected chi connectivity index (χ2v) is 6.56. The number of hydrogen-bond donors (Lipinski definition) is 2. The van der Waals surface area contributed by atoms with Crippen molar-refractivity contribution in [2.24, 2.45) is 0 Å². The predicted molar refractivity (Wildman–Crippen MR) is 102 cm³/mol. The van der Waals surface area contributed by atoms with Crippen molar-refractivity contribution in [1.82, 2.24) is 0 Å². The molecule has 0 aliphatic heterocycles. The van der Waals surface area contributed by atoms with Crippen molar-refractivity contribution in [3.8, 4) is 5.75 Å². The van der Waals surface area contributed by atoms with Crippen LogP contribution < -0.4 is 5.32 Å². The number of carbonyl (C=O) groups excluding carboxylic acids is 2. The summed E-state index contributed by atoms with van der Waals surface area (Å²) in [5.74, 6) is -0.837. The van der Waals surface area contributed by atoms with E-state index in [1.165, 1.54) is 25.3 Å². The van der Waals surface area contributed by atoms with Crippen LogP contribution in [0.4, 0.5) is 5.69 Å². The Hall–Kier alpha value is -3.28. The first kappa shape index (κ1) is 18.5. The van der Waals surface area contributed by atoms with Gasteiger partial charge in [0, 0.05) is 22.7 Å². The first-order chi connectivity index (χ1) is 12.8. The summed E-state index contributed by atoms with van der Waals surface area (Å²) in [7, 11) is 0. The smallest absolute Gasteiger partial charge is 0.311 e. The molecular formula is C21H21NO5. The fourth-order valence-corrected chi connectivity index (χ4v) is 2.76. The largest absolute Gasteiger partial charge is 0.508 e. The minimum absolute atomic E-state index is 0.0289. The van der Waals surface area contributed by atoms with Crippen LogP contribution in [0.3, 0.4) is 0 Å². The van der Waals surface area contributed by atoms with Crippen molar-refractivity contribution < 1.29 is 23.8 Å². The fraction of sp³-hybridized carbons (Fsp3) is 0.238. The van der Waals surface area contributed by atoms with Crippen molar-refractivity contribution in [1.29, 1.82) is 0 Å². The van der Waals surface area contributed by atoms with E-state index in [-0.39, 0.29) is 18.1 Å². The second-order valence-electron chi connectivity index (χ2n) is 6.56. The number of phenols is 1. The van der Waals surface area contributed by atoms with Crippen LogP contribution in [-0.4, -0.2) is 23.1 Å². The Morgan fingerprint density at radius 3 is 2.74 bits per heavy atom. The highest BCUT2D eigenvalue weighted by atomic mass is 16.5. The summed E-state index contributed by atoms with van der Waals surface area (Å²) in [5, 5.41) is 13.0. The van der Waals surface area contributed by atoms with E-state index >= 15 is 0 Å². The molecule has 140 valence electrons. The Labute approximate surface area is 156 Å². The molecule has 2 N–H and O–H groups in total. The number of furan rings is 1. The maximum absolute atomic E-state index is 12.3. The monoisotopic (exact) mass is 367 g/mol. The van der Waals surface area contributed by atoms with Crippen molar-refractivity contribution in [3.63, 3.8) is 0 Å². The second kappa shape index (κ2) is 7.53. The van der Waals surface area contributed by atoms with Crippen LogP contribution >= 0.6 is 0 Å². The molecule has 3 rings (SSSR count). The van der Waals surface area contributed by atoms with Crippen molar-refractivity contribution in [2.45, 2.75) is 33.3 Å². The normalized spacial score (nSPS) is 12.0. The molecule has 0 bridgehead atoms. The van der Waals surface area contributed by atoms with Crippen LogP contribution in [0, 0.1) is 13.8 Å². The first-order valence-corrected chi connectivity index (χ1v) is 8.60. The quantitative estimate of drug-likeness (QED) is 0.668. The Morgan fingerprint density at radius 2 is 1.96 bits per heavy atom. The van der Waals surface area contributed by atoms with E-state index in [4.69, 9.17) is 9.15 Å².